The molecule has 0 aliphatic heterocycles. The third-order valence-electron chi connectivity index (χ3n) is 1.30. The van der Waals surface area contributed by atoms with E-state index in [1.54, 1.807) is 6.07 Å². The molecule has 0 saturated heterocycles. The van der Waals surface area contributed by atoms with Gasteiger partial charge in [-0.25, -0.2) is 4.68 Å². The van der Waals surface area contributed by atoms with Crippen LogP contribution in [0.1, 0.15) is 12.6 Å². The molecule has 0 aliphatic carbocycles. The molecule has 1 aromatic rings. The Bertz CT molecular complexity index is 291. The Hall–Kier alpha value is -1.38. The van der Waals surface area contributed by atoms with Gasteiger partial charge in [-0.3, -0.25) is 4.79 Å². The molecule has 66 valence electrons. The molecule has 0 unspecified atom stereocenters. The van der Waals surface area contributed by atoms with Crippen molar-refractivity contribution in [3.8, 4) is 0 Å². The monoisotopic (exact) mass is 166 g/mol. The highest BCUT2D eigenvalue weighted by Gasteiger charge is 1.91. The first-order valence-electron chi connectivity index (χ1n) is 3.79. The zero-order chi connectivity index (χ0) is 9.56. The molecule has 3 nitrogen and oxygen atoms in total. The van der Waals surface area contributed by atoms with Gasteiger partial charge < -0.3 is 0 Å². The van der Waals surface area contributed by atoms with Gasteiger partial charge in [0, 0.05) is 12.6 Å². The predicted molar refractivity (Wildman–Crippen MR) is 50.2 cm³/mol. The standard InChI is InChI=1S/C7H10N2O.C2H4/c1-3-9-7(10)5-4-6(2)8-9;1-2/h4-5H,3H2,1-2H3;1-2H2. The number of aromatic nitrogens is 2. The Balaban J connectivity index is 0.000000561. The van der Waals surface area contributed by atoms with Gasteiger partial charge in [-0.1, -0.05) is 0 Å². The highest BCUT2D eigenvalue weighted by atomic mass is 16.1. The summed E-state index contributed by atoms with van der Waals surface area (Å²) >= 11 is 0. The molecule has 0 radical (unpaired) electrons. The van der Waals surface area contributed by atoms with Crippen LogP contribution in [-0.2, 0) is 6.54 Å². The fraction of sp³-hybridized carbons (Fsp3) is 0.333. The molecule has 1 rings (SSSR count). The molecular formula is C9H14N2O. The van der Waals surface area contributed by atoms with Gasteiger partial charge in [0.1, 0.15) is 0 Å². The minimum atomic E-state index is -0.0342. The zero-order valence-electron chi connectivity index (χ0n) is 7.58. The Morgan fingerprint density at radius 3 is 2.50 bits per heavy atom. The molecular weight excluding hydrogens is 152 g/mol. The van der Waals surface area contributed by atoms with Crippen molar-refractivity contribution in [1.82, 2.24) is 9.78 Å². The quantitative estimate of drug-likeness (QED) is 0.591. The number of hydrogen-bond donors (Lipinski definition) is 0. The van der Waals surface area contributed by atoms with Crippen molar-refractivity contribution >= 4 is 0 Å². The van der Waals surface area contributed by atoms with E-state index in [2.05, 4.69) is 18.3 Å². The molecule has 0 aromatic carbocycles. The van der Waals surface area contributed by atoms with Gasteiger partial charge in [0.25, 0.3) is 5.56 Å². The second-order valence-corrected chi connectivity index (χ2v) is 2.13. The Labute approximate surface area is 72.4 Å². The van der Waals surface area contributed by atoms with Crippen LogP contribution < -0.4 is 5.56 Å². The van der Waals surface area contributed by atoms with Gasteiger partial charge in [-0.15, -0.1) is 13.2 Å². The van der Waals surface area contributed by atoms with Crippen molar-refractivity contribution < 1.29 is 0 Å². The third kappa shape index (κ3) is 2.70. The van der Waals surface area contributed by atoms with E-state index in [0.29, 0.717) is 6.54 Å². The van der Waals surface area contributed by atoms with Gasteiger partial charge in [-0.05, 0) is 19.9 Å². The van der Waals surface area contributed by atoms with E-state index in [-0.39, 0.29) is 5.56 Å². The van der Waals surface area contributed by atoms with E-state index in [9.17, 15) is 4.79 Å². The Morgan fingerprint density at radius 2 is 2.08 bits per heavy atom. The summed E-state index contributed by atoms with van der Waals surface area (Å²) in [5, 5.41) is 4.00. The van der Waals surface area contributed by atoms with Crippen LogP contribution >= 0.6 is 0 Å². The molecule has 1 heterocycles. The molecule has 0 bridgehead atoms. The van der Waals surface area contributed by atoms with E-state index in [4.69, 9.17) is 0 Å². The fourth-order valence-corrected chi connectivity index (χ4v) is 0.777. The highest BCUT2D eigenvalue weighted by molar-refractivity contribution is 4.96. The minimum Gasteiger partial charge on any atom is -0.268 e. The van der Waals surface area contributed by atoms with Crippen LogP contribution in [0.4, 0.5) is 0 Å². The fourth-order valence-electron chi connectivity index (χ4n) is 0.777. The maximum atomic E-state index is 10.9. The van der Waals surface area contributed by atoms with Gasteiger partial charge in [0.05, 0.1) is 5.69 Å². The van der Waals surface area contributed by atoms with Crippen LogP contribution in [0.5, 0.6) is 0 Å². The summed E-state index contributed by atoms with van der Waals surface area (Å²) in [6, 6.07) is 3.25. The molecule has 0 atom stereocenters. The first-order chi connectivity index (χ1) is 5.74. The van der Waals surface area contributed by atoms with Crippen molar-refractivity contribution in [3.63, 3.8) is 0 Å². The second kappa shape index (κ2) is 5.29. The van der Waals surface area contributed by atoms with Gasteiger partial charge in [0.2, 0.25) is 0 Å². The van der Waals surface area contributed by atoms with E-state index in [1.807, 2.05) is 13.8 Å². The SMILES string of the molecule is C=C.CCn1nc(C)ccc1=O. The molecule has 12 heavy (non-hydrogen) atoms. The first kappa shape index (κ1) is 10.6. The largest absolute Gasteiger partial charge is 0.268 e. The molecule has 1 aromatic heterocycles. The summed E-state index contributed by atoms with van der Waals surface area (Å²) in [7, 11) is 0. The smallest absolute Gasteiger partial charge is 0.266 e. The van der Waals surface area contributed by atoms with Crippen LogP contribution in [0.15, 0.2) is 30.1 Å². The van der Waals surface area contributed by atoms with E-state index < -0.39 is 0 Å². The van der Waals surface area contributed by atoms with Crippen LogP contribution in [-0.4, -0.2) is 9.78 Å². The number of hydrogen-bond acceptors (Lipinski definition) is 2. The molecule has 0 amide bonds. The van der Waals surface area contributed by atoms with Crippen LogP contribution in [0.3, 0.4) is 0 Å². The molecule has 0 spiro atoms. The first-order valence-corrected chi connectivity index (χ1v) is 3.79. The lowest BCUT2D eigenvalue weighted by molar-refractivity contribution is 0.606. The minimum absolute atomic E-state index is 0.0342. The summed E-state index contributed by atoms with van der Waals surface area (Å²) in [5.74, 6) is 0. The number of nitrogens with zero attached hydrogens (tertiary/aromatic N) is 2. The van der Waals surface area contributed by atoms with Crippen molar-refractivity contribution in [1.29, 1.82) is 0 Å². The lowest BCUT2D eigenvalue weighted by Crippen LogP contribution is -2.21. The van der Waals surface area contributed by atoms with Gasteiger partial charge in [-0.2, -0.15) is 5.10 Å². The van der Waals surface area contributed by atoms with Crippen molar-refractivity contribution in [2.45, 2.75) is 20.4 Å². The summed E-state index contributed by atoms with van der Waals surface area (Å²) < 4.78 is 1.44. The molecule has 0 saturated carbocycles. The molecule has 3 heteroatoms. The summed E-state index contributed by atoms with van der Waals surface area (Å²) in [6.07, 6.45) is 0. The average Bonchev–Trinajstić information content (AvgIpc) is 2.13. The third-order valence-corrected chi connectivity index (χ3v) is 1.30. The van der Waals surface area contributed by atoms with Gasteiger partial charge >= 0.3 is 0 Å². The maximum absolute atomic E-state index is 10.9. The van der Waals surface area contributed by atoms with Crippen LogP contribution in [0, 0.1) is 6.92 Å². The Morgan fingerprint density at radius 1 is 1.50 bits per heavy atom. The van der Waals surface area contributed by atoms with Crippen LogP contribution in [0.2, 0.25) is 0 Å². The summed E-state index contributed by atoms with van der Waals surface area (Å²) in [6.45, 7) is 10.4. The van der Waals surface area contributed by atoms with Crippen molar-refractivity contribution in [2.24, 2.45) is 0 Å². The van der Waals surface area contributed by atoms with E-state index in [1.165, 1.54) is 10.7 Å². The lowest BCUT2D eigenvalue weighted by atomic mass is 10.4. The summed E-state index contributed by atoms with van der Waals surface area (Å²) in [4.78, 5) is 10.9. The zero-order valence-corrected chi connectivity index (χ0v) is 7.58. The van der Waals surface area contributed by atoms with Crippen molar-refractivity contribution in [2.75, 3.05) is 0 Å². The molecule has 0 aliphatic rings. The highest BCUT2D eigenvalue weighted by Crippen LogP contribution is 1.84. The predicted octanol–water partition coefficient (Wildman–Crippen LogP) is 1.37. The van der Waals surface area contributed by atoms with E-state index in [0.717, 1.165) is 5.69 Å². The normalized spacial score (nSPS) is 8.50. The maximum Gasteiger partial charge on any atom is 0.266 e. The topological polar surface area (TPSA) is 34.9 Å². The van der Waals surface area contributed by atoms with Crippen molar-refractivity contribution in [3.05, 3.63) is 41.3 Å². The molecule has 0 fully saturated rings. The molecule has 0 N–H and O–H groups in total. The van der Waals surface area contributed by atoms with Gasteiger partial charge in [0.15, 0.2) is 0 Å². The average molecular weight is 166 g/mol. The second-order valence-electron chi connectivity index (χ2n) is 2.13. The summed E-state index contributed by atoms with van der Waals surface area (Å²) in [5.41, 5.74) is 0.842. The van der Waals surface area contributed by atoms with E-state index >= 15 is 0 Å². The Kier molecular flexibility index (Phi) is 4.69. The number of rotatable bonds is 1. The lowest BCUT2D eigenvalue weighted by Gasteiger charge is -1.98. The van der Waals surface area contributed by atoms with Crippen LogP contribution in [0.25, 0.3) is 0 Å². The number of aryl methyl sites for hydroxylation is 2.